The number of nitrogens with two attached hydrogens (primary N) is 1. The number of nitrogens with one attached hydrogen (secondary N) is 1. The minimum absolute atomic E-state index is 0.0824. The third-order valence-corrected chi connectivity index (χ3v) is 7.22. The van der Waals surface area contributed by atoms with E-state index in [9.17, 15) is 9.18 Å². The Morgan fingerprint density at radius 2 is 2.05 bits per heavy atom. The summed E-state index contributed by atoms with van der Waals surface area (Å²) in [5, 5.41) is 4.84. The van der Waals surface area contributed by atoms with Crippen LogP contribution >= 0.6 is 0 Å². The molecule has 2 aliphatic heterocycles. The first kappa shape index (κ1) is 23.5. The van der Waals surface area contributed by atoms with E-state index in [0.717, 1.165) is 27.9 Å². The molecule has 2 aromatic carbocycles. The normalized spacial score (nSPS) is 19.1. The molecule has 2 aliphatic rings. The van der Waals surface area contributed by atoms with Crippen LogP contribution in [0, 0.1) is 18.2 Å². The van der Waals surface area contributed by atoms with E-state index in [0.29, 0.717) is 43.9 Å². The molecule has 37 heavy (non-hydrogen) atoms. The van der Waals surface area contributed by atoms with Gasteiger partial charge in [0.25, 0.3) is 0 Å². The standard InChI is InChI=1S/C27H27FN6O3/c1-17-12-33(16-30-17)23-7-4-19(22-10-32-37-25(22)23)8-20-9-27(14-36-15-27)13-34(26(20)35)24(11-31-29)18-2-5-21(28)6-3-18/h2-8,10,12,16,24,31H,9,11,13-15,29H2,1H3. The molecule has 2 aromatic heterocycles. The Hall–Kier alpha value is -3.86. The van der Waals surface area contributed by atoms with Crippen molar-refractivity contribution in [1.82, 2.24) is 25.0 Å². The van der Waals surface area contributed by atoms with E-state index in [1.807, 2.05) is 40.8 Å². The summed E-state index contributed by atoms with van der Waals surface area (Å²) in [6.07, 6.45) is 7.84. The first-order valence-corrected chi connectivity index (χ1v) is 12.1. The van der Waals surface area contributed by atoms with Gasteiger partial charge in [-0.2, -0.15) is 0 Å². The van der Waals surface area contributed by atoms with Crippen molar-refractivity contribution in [2.75, 3.05) is 26.3 Å². The number of hydrazine groups is 1. The van der Waals surface area contributed by atoms with Gasteiger partial charge < -0.3 is 18.7 Å². The van der Waals surface area contributed by atoms with Crippen LogP contribution in [0.3, 0.4) is 0 Å². The fourth-order valence-corrected chi connectivity index (χ4v) is 5.34. The Kier molecular flexibility index (Phi) is 5.86. The number of likely N-dealkylation sites (tertiary alicyclic amines) is 1. The van der Waals surface area contributed by atoms with Gasteiger partial charge in [-0.05, 0) is 48.7 Å². The molecule has 3 N–H and O–H groups in total. The van der Waals surface area contributed by atoms with Gasteiger partial charge >= 0.3 is 0 Å². The van der Waals surface area contributed by atoms with Crippen LogP contribution < -0.4 is 11.3 Å². The zero-order valence-electron chi connectivity index (χ0n) is 20.4. The number of fused-ring (bicyclic) bond motifs is 1. The number of piperidine rings is 1. The average molecular weight is 503 g/mol. The number of amides is 1. The Labute approximate surface area is 212 Å². The van der Waals surface area contributed by atoms with Gasteiger partial charge in [0.2, 0.25) is 5.91 Å². The summed E-state index contributed by atoms with van der Waals surface area (Å²) < 4.78 is 26.7. The SMILES string of the molecule is Cc1cn(-c2ccc(C=C3CC4(COC4)CN(C(CNN)c4ccc(F)cc4)C3=O)c3cnoc23)cn1. The monoisotopic (exact) mass is 502 g/mol. The second kappa shape index (κ2) is 9.22. The van der Waals surface area contributed by atoms with E-state index in [1.54, 1.807) is 24.7 Å². The van der Waals surface area contributed by atoms with Crippen molar-refractivity contribution in [2.45, 2.75) is 19.4 Å². The summed E-state index contributed by atoms with van der Waals surface area (Å²) in [4.78, 5) is 20.0. The number of aromatic nitrogens is 3. The number of carbonyl (C=O) groups is 1. The second-order valence-corrected chi connectivity index (χ2v) is 9.91. The number of hydrogen-bond donors (Lipinski definition) is 2. The van der Waals surface area contributed by atoms with Crippen LogP contribution in [0.25, 0.3) is 22.7 Å². The van der Waals surface area contributed by atoms with Gasteiger partial charge in [-0.1, -0.05) is 23.4 Å². The van der Waals surface area contributed by atoms with Crippen LogP contribution in [0.5, 0.6) is 0 Å². The van der Waals surface area contributed by atoms with Crippen LogP contribution in [-0.2, 0) is 9.53 Å². The van der Waals surface area contributed by atoms with Gasteiger partial charge in [0.15, 0.2) is 5.58 Å². The summed E-state index contributed by atoms with van der Waals surface area (Å²) in [7, 11) is 0. The van der Waals surface area contributed by atoms with Crippen LogP contribution in [0.2, 0.25) is 0 Å². The van der Waals surface area contributed by atoms with Crippen LogP contribution in [-0.4, -0.2) is 51.8 Å². The zero-order valence-corrected chi connectivity index (χ0v) is 20.4. The molecule has 0 saturated carbocycles. The zero-order chi connectivity index (χ0) is 25.6. The molecule has 1 atom stereocenters. The fraction of sp³-hybridized carbons (Fsp3) is 0.296. The summed E-state index contributed by atoms with van der Waals surface area (Å²) in [6, 6.07) is 9.74. The molecule has 2 saturated heterocycles. The van der Waals surface area contributed by atoms with E-state index < -0.39 is 0 Å². The lowest BCUT2D eigenvalue weighted by atomic mass is 9.74. The van der Waals surface area contributed by atoms with Crippen LogP contribution in [0.15, 0.2) is 65.2 Å². The molecule has 190 valence electrons. The molecule has 0 radical (unpaired) electrons. The Morgan fingerprint density at radius 1 is 1.24 bits per heavy atom. The number of nitrogens with zero attached hydrogens (tertiary/aromatic N) is 4. The molecule has 2 fully saturated rings. The number of benzene rings is 2. The highest BCUT2D eigenvalue weighted by Crippen LogP contribution is 2.43. The Balaban J connectivity index is 1.40. The lowest BCUT2D eigenvalue weighted by molar-refractivity contribution is -0.159. The lowest BCUT2D eigenvalue weighted by Gasteiger charge is -2.50. The highest BCUT2D eigenvalue weighted by atomic mass is 19.1. The highest BCUT2D eigenvalue weighted by molar-refractivity contribution is 6.02. The van der Waals surface area contributed by atoms with Gasteiger partial charge in [-0.25, -0.2) is 9.37 Å². The minimum Gasteiger partial charge on any atom is -0.380 e. The largest absolute Gasteiger partial charge is 0.380 e. The molecular weight excluding hydrogens is 475 g/mol. The van der Waals surface area contributed by atoms with Gasteiger partial charge in [-0.15, -0.1) is 0 Å². The molecule has 6 rings (SSSR count). The third kappa shape index (κ3) is 4.22. The van der Waals surface area contributed by atoms with E-state index in [4.69, 9.17) is 15.1 Å². The predicted molar refractivity (Wildman–Crippen MR) is 135 cm³/mol. The third-order valence-electron chi connectivity index (χ3n) is 7.22. The molecule has 10 heteroatoms. The van der Waals surface area contributed by atoms with Gasteiger partial charge in [0, 0.05) is 30.3 Å². The van der Waals surface area contributed by atoms with Gasteiger partial charge in [0.1, 0.15) is 5.82 Å². The molecule has 1 spiro atoms. The summed E-state index contributed by atoms with van der Waals surface area (Å²) in [6.45, 7) is 3.93. The highest BCUT2D eigenvalue weighted by Gasteiger charge is 2.48. The topological polar surface area (TPSA) is 111 Å². The van der Waals surface area contributed by atoms with Crippen molar-refractivity contribution in [3.8, 4) is 5.69 Å². The van der Waals surface area contributed by atoms with E-state index in [1.165, 1.54) is 12.1 Å². The van der Waals surface area contributed by atoms with Crippen LogP contribution in [0.1, 0.15) is 29.3 Å². The van der Waals surface area contributed by atoms with E-state index in [2.05, 4.69) is 15.6 Å². The maximum Gasteiger partial charge on any atom is 0.250 e. The summed E-state index contributed by atoms with van der Waals surface area (Å²) in [5.74, 6) is 5.30. The van der Waals surface area contributed by atoms with Crippen molar-refractivity contribution in [1.29, 1.82) is 0 Å². The second-order valence-electron chi connectivity index (χ2n) is 9.91. The number of ether oxygens (including phenoxy) is 1. The number of aryl methyl sites for hydroxylation is 1. The minimum atomic E-state index is -0.359. The van der Waals surface area contributed by atoms with E-state index in [-0.39, 0.29) is 23.2 Å². The first-order valence-electron chi connectivity index (χ1n) is 12.1. The van der Waals surface area contributed by atoms with Gasteiger partial charge in [0.05, 0.1) is 48.5 Å². The Morgan fingerprint density at radius 3 is 2.73 bits per heavy atom. The summed E-state index contributed by atoms with van der Waals surface area (Å²) in [5.41, 5.74) is 7.18. The first-order chi connectivity index (χ1) is 18.0. The number of carbonyl (C=O) groups excluding carboxylic acids is 1. The Bertz CT molecular complexity index is 1490. The van der Waals surface area contributed by atoms with Crippen molar-refractivity contribution in [3.05, 3.63) is 83.3 Å². The maximum atomic E-state index is 13.9. The number of hydrogen-bond acceptors (Lipinski definition) is 7. The van der Waals surface area contributed by atoms with Crippen molar-refractivity contribution >= 4 is 23.0 Å². The molecule has 4 heterocycles. The van der Waals surface area contributed by atoms with Crippen molar-refractivity contribution in [2.24, 2.45) is 11.3 Å². The molecule has 9 nitrogen and oxygen atoms in total. The quantitative estimate of drug-likeness (QED) is 0.236. The number of rotatable bonds is 6. The smallest absolute Gasteiger partial charge is 0.250 e. The van der Waals surface area contributed by atoms with Crippen molar-refractivity contribution in [3.63, 3.8) is 0 Å². The molecule has 1 amide bonds. The van der Waals surface area contributed by atoms with Crippen LogP contribution in [0.4, 0.5) is 4.39 Å². The fourth-order valence-electron chi connectivity index (χ4n) is 5.34. The molecule has 4 aromatic rings. The predicted octanol–water partition coefficient (Wildman–Crippen LogP) is 3.30. The van der Waals surface area contributed by atoms with Gasteiger partial charge in [-0.3, -0.25) is 16.1 Å². The molecule has 0 aliphatic carbocycles. The maximum absolute atomic E-state index is 13.9. The van der Waals surface area contributed by atoms with Crippen molar-refractivity contribution < 1.29 is 18.4 Å². The summed E-state index contributed by atoms with van der Waals surface area (Å²) >= 11 is 0. The average Bonchev–Trinajstić information content (AvgIpc) is 3.54. The molecule has 0 bridgehead atoms. The number of halogens is 1. The lowest BCUT2D eigenvalue weighted by Crippen LogP contribution is -2.58. The van der Waals surface area contributed by atoms with E-state index >= 15 is 0 Å². The number of imidazole rings is 1. The molecule has 1 unspecified atom stereocenters. The molecular formula is C27H27FN6O3.